The van der Waals surface area contributed by atoms with Crippen molar-refractivity contribution in [3.05, 3.63) is 124 Å². The van der Waals surface area contributed by atoms with Gasteiger partial charge in [0.1, 0.15) is 0 Å². The number of H-pyrrole nitrogens is 1. The molecule has 43 heavy (non-hydrogen) atoms. The fourth-order valence-electron chi connectivity index (χ4n) is 5.84. The zero-order valence-corrected chi connectivity index (χ0v) is 23.8. The zero-order valence-electron chi connectivity index (χ0n) is 23.0. The van der Waals surface area contributed by atoms with E-state index < -0.39 is 15.6 Å². The molecule has 1 aliphatic rings. The second-order valence-electron chi connectivity index (χ2n) is 10.9. The molecule has 0 radical (unpaired) electrons. The van der Waals surface area contributed by atoms with Crippen LogP contribution in [0, 0.1) is 11.3 Å². The highest BCUT2D eigenvalue weighted by Gasteiger charge is 2.42. The van der Waals surface area contributed by atoms with Gasteiger partial charge in [0.15, 0.2) is 5.65 Å². The summed E-state index contributed by atoms with van der Waals surface area (Å²) in [6.07, 6.45) is 2.34. The van der Waals surface area contributed by atoms with Gasteiger partial charge in [0.25, 0.3) is 0 Å². The molecule has 3 aromatic carbocycles. The summed E-state index contributed by atoms with van der Waals surface area (Å²) in [6.45, 7) is 0. The molecule has 0 atom stereocenters. The Morgan fingerprint density at radius 3 is 2.35 bits per heavy atom. The number of hydrogen-bond donors (Lipinski definition) is 2. The first-order chi connectivity index (χ1) is 20.8. The third kappa shape index (κ3) is 4.88. The second-order valence-corrected chi connectivity index (χ2v) is 12.6. The summed E-state index contributed by atoms with van der Waals surface area (Å²) in [5.41, 5.74) is 6.29. The Balaban J connectivity index is 1.25. The summed E-state index contributed by atoms with van der Waals surface area (Å²) in [7, 11) is -3.65. The first-order valence-electron chi connectivity index (χ1n) is 13.9. The van der Waals surface area contributed by atoms with Crippen LogP contribution in [-0.4, -0.2) is 28.0 Å². The van der Waals surface area contributed by atoms with Crippen LogP contribution in [0.3, 0.4) is 0 Å². The Labute approximate surface area is 247 Å². The van der Waals surface area contributed by atoms with Crippen molar-refractivity contribution in [1.29, 1.82) is 5.26 Å². The smallest absolute Gasteiger partial charge is 0.246 e. The van der Waals surface area contributed by atoms with E-state index in [1.165, 1.54) is 4.40 Å². The average Bonchev–Trinajstić information content (AvgIpc) is 3.40. The number of hydrogen-bond acceptors (Lipinski definition) is 6. The fourth-order valence-corrected chi connectivity index (χ4v) is 7.46. The number of benzene rings is 3. The monoisotopic (exact) mass is 586 g/mol. The standard InChI is InChI=1S/C33H26N6O3S/c34-20-22-7-9-23(10-8-22)21-43(41,42)38-33(17-4-18-33)26-13-11-25(12-14-26)31-27(24-5-2-1-3-6-24)19-29-28(35-31)15-16-30-36-37-32(40)39(29)30/h1-3,5-16,19,38H,4,17-18,21H2,(H,37,40). The number of aromatic amines is 1. The number of nitriles is 1. The molecule has 3 heterocycles. The van der Waals surface area contributed by atoms with Crippen molar-refractivity contribution in [1.82, 2.24) is 24.3 Å². The van der Waals surface area contributed by atoms with Crippen molar-refractivity contribution in [2.75, 3.05) is 0 Å². The molecule has 3 aromatic heterocycles. The molecule has 10 heteroatoms. The van der Waals surface area contributed by atoms with Gasteiger partial charge in [-0.25, -0.2) is 32.4 Å². The van der Waals surface area contributed by atoms with Crippen molar-refractivity contribution in [2.45, 2.75) is 30.6 Å². The third-order valence-electron chi connectivity index (χ3n) is 8.15. The maximum Gasteiger partial charge on any atom is 0.348 e. The van der Waals surface area contributed by atoms with Crippen LogP contribution in [0.2, 0.25) is 0 Å². The van der Waals surface area contributed by atoms with E-state index in [2.05, 4.69) is 21.0 Å². The van der Waals surface area contributed by atoms with E-state index in [1.54, 1.807) is 30.3 Å². The van der Waals surface area contributed by atoms with Crippen molar-refractivity contribution in [3.8, 4) is 28.5 Å². The van der Waals surface area contributed by atoms with Gasteiger partial charge in [0, 0.05) is 11.1 Å². The average molecular weight is 587 g/mol. The lowest BCUT2D eigenvalue weighted by Gasteiger charge is -2.42. The number of pyridine rings is 2. The molecule has 0 saturated heterocycles. The van der Waals surface area contributed by atoms with Gasteiger partial charge < -0.3 is 0 Å². The van der Waals surface area contributed by atoms with Gasteiger partial charge in [-0.05, 0) is 66.3 Å². The van der Waals surface area contributed by atoms with Crippen molar-refractivity contribution < 1.29 is 8.42 Å². The lowest BCUT2D eigenvalue weighted by Crippen LogP contribution is -2.50. The molecule has 212 valence electrons. The maximum absolute atomic E-state index is 13.2. The molecular weight excluding hydrogens is 560 g/mol. The molecule has 9 nitrogen and oxygen atoms in total. The molecule has 2 N–H and O–H groups in total. The van der Waals surface area contributed by atoms with Crippen molar-refractivity contribution in [2.24, 2.45) is 0 Å². The van der Waals surface area contributed by atoms with Crippen molar-refractivity contribution in [3.63, 3.8) is 0 Å². The zero-order chi connectivity index (χ0) is 29.6. The molecule has 1 saturated carbocycles. The summed E-state index contributed by atoms with van der Waals surface area (Å²) < 4.78 is 31.0. The Hall–Kier alpha value is -5.11. The molecule has 1 aliphatic carbocycles. The van der Waals surface area contributed by atoms with E-state index in [0.717, 1.165) is 34.4 Å². The Morgan fingerprint density at radius 2 is 1.67 bits per heavy atom. The summed E-state index contributed by atoms with van der Waals surface area (Å²) in [6, 6.07) is 32.0. The van der Waals surface area contributed by atoms with Crippen LogP contribution < -0.4 is 10.4 Å². The highest BCUT2D eigenvalue weighted by molar-refractivity contribution is 7.88. The van der Waals surface area contributed by atoms with Crippen LogP contribution in [0.25, 0.3) is 39.1 Å². The van der Waals surface area contributed by atoms with E-state index in [9.17, 15) is 13.2 Å². The summed E-state index contributed by atoms with van der Waals surface area (Å²) in [5, 5.41) is 15.6. The highest BCUT2D eigenvalue weighted by Crippen LogP contribution is 2.43. The van der Waals surface area contributed by atoms with Gasteiger partial charge in [-0.15, -0.1) is 0 Å². The largest absolute Gasteiger partial charge is 0.348 e. The van der Waals surface area contributed by atoms with Gasteiger partial charge >= 0.3 is 5.69 Å². The normalized spacial score (nSPS) is 14.4. The van der Waals surface area contributed by atoms with E-state index in [4.69, 9.17) is 10.2 Å². The third-order valence-corrected chi connectivity index (χ3v) is 9.57. The van der Waals surface area contributed by atoms with E-state index in [1.807, 2.05) is 66.7 Å². The lowest BCUT2D eigenvalue weighted by molar-refractivity contribution is 0.224. The molecular formula is C33H26N6O3S. The lowest BCUT2D eigenvalue weighted by atomic mass is 9.72. The maximum atomic E-state index is 13.2. The quantitative estimate of drug-likeness (QED) is 0.262. The predicted octanol–water partition coefficient (Wildman–Crippen LogP) is 5.28. The number of aromatic nitrogens is 4. The molecule has 0 bridgehead atoms. The molecule has 0 spiro atoms. The SMILES string of the molecule is N#Cc1ccc(CS(=O)(=O)NC2(c3ccc(-c4nc5ccc6n[nH]c(=O)n6c5cc4-c4ccccc4)cc3)CCC2)cc1. The van der Waals surface area contributed by atoms with E-state index in [0.29, 0.717) is 40.6 Å². The fraction of sp³-hybridized carbons (Fsp3) is 0.152. The highest BCUT2D eigenvalue weighted by atomic mass is 32.2. The predicted molar refractivity (Wildman–Crippen MR) is 164 cm³/mol. The van der Waals surface area contributed by atoms with Gasteiger partial charge in [0.2, 0.25) is 10.0 Å². The minimum absolute atomic E-state index is 0.160. The van der Waals surface area contributed by atoms with Gasteiger partial charge in [-0.2, -0.15) is 10.4 Å². The topological polar surface area (TPSA) is 133 Å². The number of sulfonamides is 1. The first kappa shape index (κ1) is 26.8. The van der Waals surface area contributed by atoms with Crippen LogP contribution >= 0.6 is 0 Å². The first-order valence-corrected chi connectivity index (χ1v) is 15.6. The Bertz CT molecular complexity index is 2190. The molecule has 0 aliphatic heterocycles. The minimum atomic E-state index is -3.65. The number of fused-ring (bicyclic) bond motifs is 3. The molecule has 6 aromatic rings. The van der Waals surface area contributed by atoms with E-state index in [-0.39, 0.29) is 11.4 Å². The molecule has 0 unspecified atom stereocenters. The van der Waals surface area contributed by atoms with Crippen LogP contribution in [0.4, 0.5) is 0 Å². The van der Waals surface area contributed by atoms with Crippen LogP contribution in [0.1, 0.15) is 36.0 Å². The number of nitrogens with one attached hydrogen (secondary N) is 2. The van der Waals surface area contributed by atoms with Crippen LogP contribution in [0.15, 0.2) is 102 Å². The summed E-state index contributed by atoms with van der Waals surface area (Å²) in [5.74, 6) is -0.160. The van der Waals surface area contributed by atoms with Crippen molar-refractivity contribution >= 4 is 26.7 Å². The summed E-state index contributed by atoms with van der Waals surface area (Å²) >= 11 is 0. The van der Waals surface area contributed by atoms with E-state index >= 15 is 0 Å². The minimum Gasteiger partial charge on any atom is -0.246 e. The Morgan fingerprint density at radius 1 is 0.930 bits per heavy atom. The van der Waals surface area contributed by atoms with Crippen LogP contribution in [0.5, 0.6) is 0 Å². The van der Waals surface area contributed by atoms with Gasteiger partial charge in [-0.3, -0.25) is 0 Å². The number of rotatable bonds is 7. The molecule has 7 rings (SSSR count). The van der Waals surface area contributed by atoms with Gasteiger partial charge in [0.05, 0.1) is 39.7 Å². The van der Waals surface area contributed by atoms with Gasteiger partial charge in [-0.1, -0.05) is 66.7 Å². The Kier molecular flexibility index (Phi) is 6.42. The molecule has 1 fully saturated rings. The number of nitrogens with zero attached hydrogens (tertiary/aromatic N) is 4. The second kappa shape index (κ2) is 10.3. The summed E-state index contributed by atoms with van der Waals surface area (Å²) in [4.78, 5) is 17.5. The van der Waals surface area contributed by atoms with Crippen LogP contribution in [-0.2, 0) is 21.3 Å². The molecule has 0 amide bonds.